The van der Waals surface area contributed by atoms with E-state index in [4.69, 9.17) is 5.21 Å². The lowest BCUT2D eigenvalue weighted by Gasteiger charge is -2.10. The van der Waals surface area contributed by atoms with E-state index in [0.29, 0.717) is 11.4 Å². The number of carbonyl (C=O) groups excluding carboxylic acids is 1. The molecular formula is C14H18N2O2. The van der Waals surface area contributed by atoms with E-state index in [1.807, 2.05) is 24.3 Å². The first-order valence-electron chi connectivity index (χ1n) is 6.04. The number of para-hydroxylation sites is 1. The van der Waals surface area contributed by atoms with Crippen LogP contribution < -0.4 is 5.32 Å². The minimum absolute atomic E-state index is 0.0400. The van der Waals surface area contributed by atoms with Crippen LogP contribution in [0.2, 0.25) is 0 Å². The predicted molar refractivity (Wildman–Crippen MR) is 71.0 cm³/mol. The number of oxime groups is 1. The maximum Gasteiger partial charge on any atom is 0.228 e. The van der Waals surface area contributed by atoms with Gasteiger partial charge in [-0.1, -0.05) is 37.2 Å². The van der Waals surface area contributed by atoms with Crippen molar-refractivity contribution in [2.45, 2.75) is 27.2 Å². The number of hydrogen-bond acceptors (Lipinski definition) is 3. The third-order valence-corrected chi connectivity index (χ3v) is 3.55. The number of anilines is 1. The van der Waals surface area contributed by atoms with Crippen molar-refractivity contribution in [2.75, 3.05) is 5.32 Å². The van der Waals surface area contributed by atoms with Crippen LogP contribution in [0.5, 0.6) is 0 Å². The van der Waals surface area contributed by atoms with E-state index in [0.717, 1.165) is 12.0 Å². The molecule has 1 aliphatic rings. The van der Waals surface area contributed by atoms with E-state index in [-0.39, 0.29) is 17.2 Å². The van der Waals surface area contributed by atoms with E-state index >= 15 is 0 Å². The molecule has 96 valence electrons. The largest absolute Gasteiger partial charge is 0.411 e. The molecule has 0 aromatic heterocycles. The van der Waals surface area contributed by atoms with Gasteiger partial charge in [-0.15, -0.1) is 0 Å². The highest BCUT2D eigenvalue weighted by Gasteiger charge is 2.50. The second kappa shape index (κ2) is 4.44. The Morgan fingerprint density at radius 1 is 1.44 bits per heavy atom. The summed E-state index contributed by atoms with van der Waals surface area (Å²) in [4.78, 5) is 12.0. The number of carbonyl (C=O) groups is 1. The number of nitrogens with zero attached hydrogens (tertiary/aromatic N) is 1. The molecule has 4 nitrogen and oxygen atoms in total. The second-order valence-electron chi connectivity index (χ2n) is 5.47. The molecule has 0 saturated heterocycles. The maximum absolute atomic E-state index is 12.0. The first-order valence-corrected chi connectivity index (χ1v) is 6.04. The van der Waals surface area contributed by atoms with Crippen LogP contribution in [0.1, 0.15) is 32.8 Å². The van der Waals surface area contributed by atoms with Crippen LogP contribution in [0, 0.1) is 11.3 Å². The Balaban J connectivity index is 2.17. The molecule has 0 radical (unpaired) electrons. The van der Waals surface area contributed by atoms with Crippen LogP contribution in [0.25, 0.3) is 0 Å². The third-order valence-electron chi connectivity index (χ3n) is 3.55. The van der Waals surface area contributed by atoms with E-state index in [9.17, 15) is 4.79 Å². The van der Waals surface area contributed by atoms with Crippen molar-refractivity contribution in [3.8, 4) is 0 Å². The standard InChI is InChI=1S/C14H18N2O2/c1-9(16-18)10-6-4-5-7-12(10)15-13(17)11-8-14(11,2)3/h4-7,11,18H,8H2,1-3H3,(H,15,17)/b16-9-. The third kappa shape index (κ3) is 2.37. The number of nitrogens with one attached hydrogen (secondary N) is 1. The smallest absolute Gasteiger partial charge is 0.228 e. The van der Waals surface area contributed by atoms with E-state index in [1.54, 1.807) is 6.92 Å². The molecule has 1 atom stereocenters. The Hall–Kier alpha value is -1.84. The van der Waals surface area contributed by atoms with Crippen LogP contribution in [-0.4, -0.2) is 16.8 Å². The Kier molecular flexibility index (Phi) is 3.11. The van der Waals surface area contributed by atoms with Crippen molar-refractivity contribution in [3.05, 3.63) is 29.8 Å². The van der Waals surface area contributed by atoms with E-state index in [2.05, 4.69) is 24.3 Å². The molecule has 4 heteroatoms. The molecule has 18 heavy (non-hydrogen) atoms. The summed E-state index contributed by atoms with van der Waals surface area (Å²) in [5.74, 6) is 0.120. The fourth-order valence-electron chi connectivity index (χ4n) is 2.10. The lowest BCUT2D eigenvalue weighted by atomic mass is 10.1. The van der Waals surface area contributed by atoms with E-state index < -0.39 is 0 Å². The summed E-state index contributed by atoms with van der Waals surface area (Å²) in [6.07, 6.45) is 0.925. The molecule has 0 bridgehead atoms. The summed E-state index contributed by atoms with van der Waals surface area (Å²) in [5, 5.41) is 14.9. The maximum atomic E-state index is 12.0. The highest BCUT2D eigenvalue weighted by molar-refractivity contribution is 6.07. The molecule has 1 aliphatic carbocycles. The molecule has 1 unspecified atom stereocenters. The Morgan fingerprint density at radius 2 is 2.06 bits per heavy atom. The van der Waals surface area contributed by atoms with Crippen LogP contribution >= 0.6 is 0 Å². The quantitative estimate of drug-likeness (QED) is 0.489. The predicted octanol–water partition coefficient (Wildman–Crippen LogP) is 2.87. The van der Waals surface area contributed by atoms with Crippen LogP contribution in [-0.2, 0) is 4.79 Å². The van der Waals surface area contributed by atoms with Gasteiger partial charge in [0.2, 0.25) is 5.91 Å². The highest BCUT2D eigenvalue weighted by Crippen LogP contribution is 2.52. The fraction of sp³-hybridized carbons (Fsp3) is 0.429. The molecule has 0 aliphatic heterocycles. The molecule has 1 aromatic rings. The summed E-state index contributed by atoms with van der Waals surface area (Å²) in [6, 6.07) is 7.34. The number of benzene rings is 1. The van der Waals surface area contributed by atoms with Crippen LogP contribution in [0.15, 0.2) is 29.4 Å². The number of rotatable bonds is 3. The van der Waals surface area contributed by atoms with Gasteiger partial charge in [0.25, 0.3) is 0 Å². The highest BCUT2D eigenvalue weighted by atomic mass is 16.4. The lowest BCUT2D eigenvalue weighted by Crippen LogP contribution is -2.18. The lowest BCUT2D eigenvalue weighted by molar-refractivity contribution is -0.118. The molecule has 1 aromatic carbocycles. The van der Waals surface area contributed by atoms with Crippen molar-refractivity contribution in [1.82, 2.24) is 0 Å². The Bertz CT molecular complexity index is 506. The minimum atomic E-state index is 0.0400. The molecular weight excluding hydrogens is 228 g/mol. The average molecular weight is 246 g/mol. The van der Waals surface area contributed by atoms with Gasteiger partial charge in [0.05, 0.1) is 5.71 Å². The zero-order chi connectivity index (χ0) is 13.3. The van der Waals surface area contributed by atoms with Crippen molar-refractivity contribution in [1.29, 1.82) is 0 Å². The molecule has 0 heterocycles. The van der Waals surface area contributed by atoms with Crippen LogP contribution in [0.4, 0.5) is 5.69 Å². The second-order valence-corrected chi connectivity index (χ2v) is 5.47. The summed E-state index contributed by atoms with van der Waals surface area (Å²) >= 11 is 0. The average Bonchev–Trinajstić information content (AvgIpc) is 2.98. The zero-order valence-electron chi connectivity index (χ0n) is 10.9. The van der Waals surface area contributed by atoms with Gasteiger partial charge in [0.1, 0.15) is 0 Å². The van der Waals surface area contributed by atoms with Gasteiger partial charge in [-0.25, -0.2) is 0 Å². The van der Waals surface area contributed by atoms with Crippen molar-refractivity contribution < 1.29 is 10.0 Å². The van der Waals surface area contributed by atoms with Gasteiger partial charge < -0.3 is 10.5 Å². The molecule has 1 fully saturated rings. The first kappa shape index (κ1) is 12.6. The van der Waals surface area contributed by atoms with Gasteiger partial charge in [0.15, 0.2) is 0 Å². The van der Waals surface area contributed by atoms with Crippen molar-refractivity contribution in [2.24, 2.45) is 16.5 Å². The van der Waals surface area contributed by atoms with Gasteiger partial charge >= 0.3 is 0 Å². The summed E-state index contributed by atoms with van der Waals surface area (Å²) in [7, 11) is 0. The van der Waals surface area contributed by atoms with Gasteiger partial charge in [0, 0.05) is 17.2 Å². The molecule has 0 spiro atoms. The van der Waals surface area contributed by atoms with Gasteiger partial charge in [-0.2, -0.15) is 0 Å². The Labute approximate surface area is 107 Å². The topological polar surface area (TPSA) is 61.7 Å². The normalized spacial score (nSPS) is 21.5. The SMILES string of the molecule is C/C(=N/O)c1ccccc1NC(=O)C1CC1(C)C. The summed E-state index contributed by atoms with van der Waals surface area (Å²) in [6.45, 7) is 5.87. The van der Waals surface area contributed by atoms with Gasteiger partial charge in [-0.05, 0) is 24.8 Å². The summed E-state index contributed by atoms with van der Waals surface area (Å²) < 4.78 is 0. The molecule has 1 amide bonds. The van der Waals surface area contributed by atoms with E-state index in [1.165, 1.54) is 0 Å². The Morgan fingerprint density at radius 3 is 2.61 bits per heavy atom. The number of amides is 1. The number of hydrogen-bond donors (Lipinski definition) is 2. The zero-order valence-corrected chi connectivity index (χ0v) is 10.9. The molecule has 1 saturated carbocycles. The van der Waals surface area contributed by atoms with Crippen molar-refractivity contribution >= 4 is 17.3 Å². The monoisotopic (exact) mass is 246 g/mol. The van der Waals surface area contributed by atoms with Gasteiger partial charge in [-0.3, -0.25) is 4.79 Å². The molecule has 2 rings (SSSR count). The minimum Gasteiger partial charge on any atom is -0.411 e. The van der Waals surface area contributed by atoms with Crippen molar-refractivity contribution in [3.63, 3.8) is 0 Å². The fourth-order valence-corrected chi connectivity index (χ4v) is 2.10. The molecule has 2 N–H and O–H groups in total. The first-order chi connectivity index (χ1) is 8.45. The van der Waals surface area contributed by atoms with Crippen LogP contribution in [0.3, 0.4) is 0 Å². The summed E-state index contributed by atoms with van der Waals surface area (Å²) in [5.41, 5.74) is 2.03.